The van der Waals surface area contributed by atoms with Crippen LogP contribution in [0.5, 0.6) is 0 Å². The molecule has 94 valence electrons. The van der Waals surface area contributed by atoms with Crippen LogP contribution in [0, 0.1) is 5.82 Å². The number of rotatable bonds is 5. The lowest BCUT2D eigenvalue weighted by atomic mass is 10.2. The first-order valence-corrected chi connectivity index (χ1v) is 7.12. The zero-order valence-corrected chi connectivity index (χ0v) is 10.3. The normalized spacial score (nSPS) is 11.2. The van der Waals surface area contributed by atoms with Crippen molar-refractivity contribution in [2.45, 2.75) is 13.0 Å². The number of sulfone groups is 1. The van der Waals surface area contributed by atoms with E-state index in [9.17, 15) is 17.6 Å². The zero-order chi connectivity index (χ0) is 12.9. The molecule has 4 nitrogen and oxygen atoms in total. The number of benzene rings is 1. The largest absolute Gasteiger partial charge is 0.352 e. The topological polar surface area (TPSA) is 63.2 Å². The van der Waals surface area contributed by atoms with Crippen LogP contribution in [0.15, 0.2) is 24.3 Å². The van der Waals surface area contributed by atoms with Crippen LogP contribution in [0.1, 0.15) is 12.0 Å². The molecule has 0 bridgehead atoms. The Bertz CT molecular complexity index is 482. The van der Waals surface area contributed by atoms with E-state index < -0.39 is 9.84 Å². The van der Waals surface area contributed by atoms with Gasteiger partial charge in [0.05, 0.1) is 5.75 Å². The van der Waals surface area contributed by atoms with Crippen molar-refractivity contribution in [3.63, 3.8) is 0 Å². The van der Waals surface area contributed by atoms with Crippen molar-refractivity contribution in [1.29, 1.82) is 0 Å². The third-order valence-electron chi connectivity index (χ3n) is 2.10. The lowest BCUT2D eigenvalue weighted by molar-refractivity contribution is -0.120. The van der Waals surface area contributed by atoms with Crippen LogP contribution in [0.2, 0.25) is 0 Å². The van der Waals surface area contributed by atoms with Gasteiger partial charge in [-0.25, -0.2) is 12.8 Å². The summed E-state index contributed by atoms with van der Waals surface area (Å²) in [6, 6.07) is 5.73. The third kappa shape index (κ3) is 6.01. The maximum Gasteiger partial charge on any atom is 0.221 e. The van der Waals surface area contributed by atoms with Crippen molar-refractivity contribution in [2.24, 2.45) is 0 Å². The molecule has 0 radical (unpaired) electrons. The first kappa shape index (κ1) is 13.6. The summed E-state index contributed by atoms with van der Waals surface area (Å²) in [5, 5.41) is 2.57. The highest BCUT2D eigenvalue weighted by atomic mass is 32.2. The van der Waals surface area contributed by atoms with Gasteiger partial charge in [0.2, 0.25) is 5.91 Å². The summed E-state index contributed by atoms with van der Waals surface area (Å²) in [7, 11) is -3.12. The minimum Gasteiger partial charge on any atom is -0.352 e. The van der Waals surface area contributed by atoms with Crippen molar-refractivity contribution < 1.29 is 17.6 Å². The molecule has 0 spiro atoms. The number of carbonyl (C=O) groups is 1. The highest BCUT2D eigenvalue weighted by Crippen LogP contribution is 2.02. The number of carbonyl (C=O) groups excluding carboxylic acids is 1. The van der Waals surface area contributed by atoms with Gasteiger partial charge in [-0.15, -0.1) is 0 Å². The molecule has 17 heavy (non-hydrogen) atoms. The first-order valence-electron chi connectivity index (χ1n) is 5.06. The summed E-state index contributed by atoms with van der Waals surface area (Å²) in [4.78, 5) is 11.3. The number of nitrogens with one attached hydrogen (secondary N) is 1. The van der Waals surface area contributed by atoms with Gasteiger partial charge in [-0.2, -0.15) is 0 Å². The molecule has 0 fully saturated rings. The van der Waals surface area contributed by atoms with Crippen LogP contribution in [-0.2, 0) is 21.2 Å². The molecule has 1 amide bonds. The predicted octanol–water partition coefficient (Wildman–Crippen LogP) is 0.877. The van der Waals surface area contributed by atoms with E-state index >= 15 is 0 Å². The summed E-state index contributed by atoms with van der Waals surface area (Å²) in [6.45, 7) is 0.267. The van der Waals surface area contributed by atoms with E-state index in [0.29, 0.717) is 0 Å². The molecule has 1 aromatic rings. The van der Waals surface area contributed by atoms with Gasteiger partial charge in [-0.1, -0.05) is 12.1 Å². The molecule has 1 N–H and O–H groups in total. The molecule has 0 saturated heterocycles. The Morgan fingerprint density at radius 2 is 1.88 bits per heavy atom. The second kappa shape index (κ2) is 5.77. The fourth-order valence-corrected chi connectivity index (χ4v) is 1.73. The van der Waals surface area contributed by atoms with Crippen LogP contribution in [0.25, 0.3) is 0 Å². The minimum absolute atomic E-state index is 0.0555. The van der Waals surface area contributed by atoms with Crippen molar-refractivity contribution in [3.8, 4) is 0 Å². The molecule has 0 saturated carbocycles. The van der Waals surface area contributed by atoms with E-state index in [4.69, 9.17) is 0 Å². The van der Waals surface area contributed by atoms with E-state index in [-0.39, 0.29) is 30.4 Å². The predicted molar refractivity (Wildman–Crippen MR) is 62.6 cm³/mol. The van der Waals surface area contributed by atoms with Crippen LogP contribution >= 0.6 is 0 Å². The molecule has 1 rings (SSSR count). The van der Waals surface area contributed by atoms with Gasteiger partial charge in [0.25, 0.3) is 0 Å². The lowest BCUT2D eigenvalue weighted by Gasteiger charge is -2.04. The molecule has 0 aromatic heterocycles. The fourth-order valence-electron chi connectivity index (χ4n) is 1.17. The number of hydrogen-bond donors (Lipinski definition) is 1. The monoisotopic (exact) mass is 259 g/mol. The Morgan fingerprint density at radius 3 is 2.41 bits per heavy atom. The third-order valence-corrected chi connectivity index (χ3v) is 3.05. The molecule has 0 aliphatic rings. The first-order chi connectivity index (χ1) is 7.87. The zero-order valence-electron chi connectivity index (χ0n) is 9.44. The van der Waals surface area contributed by atoms with Crippen LogP contribution in [0.3, 0.4) is 0 Å². The molecule has 0 heterocycles. The maximum absolute atomic E-state index is 12.6. The Labute approximate surface area is 99.8 Å². The molecule has 0 aliphatic heterocycles. The average Bonchev–Trinajstić information content (AvgIpc) is 2.25. The van der Waals surface area contributed by atoms with E-state index in [1.54, 1.807) is 12.1 Å². The smallest absolute Gasteiger partial charge is 0.221 e. The van der Waals surface area contributed by atoms with Gasteiger partial charge in [0.15, 0.2) is 0 Å². The summed E-state index contributed by atoms with van der Waals surface area (Å²) >= 11 is 0. The summed E-state index contributed by atoms with van der Waals surface area (Å²) < 4.78 is 34.2. The molecule has 0 unspecified atom stereocenters. The number of amides is 1. The van der Waals surface area contributed by atoms with Crippen LogP contribution < -0.4 is 5.32 Å². The summed E-state index contributed by atoms with van der Waals surface area (Å²) in [6.07, 6.45) is 1.03. The average molecular weight is 259 g/mol. The SMILES string of the molecule is CS(=O)(=O)CCC(=O)NCc1ccc(F)cc1. The van der Waals surface area contributed by atoms with Crippen molar-refractivity contribution >= 4 is 15.7 Å². The van der Waals surface area contributed by atoms with Gasteiger partial charge in [0, 0.05) is 19.2 Å². The van der Waals surface area contributed by atoms with Gasteiger partial charge < -0.3 is 5.32 Å². The van der Waals surface area contributed by atoms with Crippen molar-refractivity contribution in [3.05, 3.63) is 35.6 Å². The van der Waals surface area contributed by atoms with Gasteiger partial charge in [0.1, 0.15) is 15.7 Å². The molecule has 6 heteroatoms. The van der Waals surface area contributed by atoms with Crippen LogP contribution in [-0.4, -0.2) is 26.3 Å². The summed E-state index contributed by atoms with van der Waals surface area (Å²) in [5.41, 5.74) is 0.763. The molecule has 0 atom stereocenters. The van der Waals surface area contributed by atoms with Crippen molar-refractivity contribution in [2.75, 3.05) is 12.0 Å². The maximum atomic E-state index is 12.6. The number of hydrogen-bond acceptors (Lipinski definition) is 3. The second-order valence-corrected chi connectivity index (χ2v) is 6.04. The second-order valence-electron chi connectivity index (χ2n) is 3.78. The molecule has 1 aromatic carbocycles. The van der Waals surface area contributed by atoms with Gasteiger partial charge in [-0.05, 0) is 17.7 Å². The molecule has 0 aliphatic carbocycles. The highest BCUT2D eigenvalue weighted by molar-refractivity contribution is 7.90. The van der Waals surface area contributed by atoms with Gasteiger partial charge in [-0.3, -0.25) is 4.79 Å². The minimum atomic E-state index is -3.12. The van der Waals surface area contributed by atoms with Crippen LogP contribution in [0.4, 0.5) is 4.39 Å². The van der Waals surface area contributed by atoms with E-state index in [1.807, 2.05) is 0 Å². The Balaban J connectivity index is 2.36. The van der Waals surface area contributed by atoms with E-state index in [0.717, 1.165) is 11.8 Å². The summed E-state index contributed by atoms with van der Waals surface area (Å²) in [5.74, 6) is -0.834. The lowest BCUT2D eigenvalue weighted by Crippen LogP contribution is -2.24. The van der Waals surface area contributed by atoms with Gasteiger partial charge >= 0.3 is 0 Å². The van der Waals surface area contributed by atoms with E-state index in [1.165, 1.54) is 12.1 Å². The number of halogens is 1. The standard InChI is InChI=1S/C11H14FNO3S/c1-17(15,16)7-6-11(14)13-8-9-2-4-10(12)5-3-9/h2-5H,6-8H2,1H3,(H,13,14). The van der Waals surface area contributed by atoms with Crippen molar-refractivity contribution in [1.82, 2.24) is 5.32 Å². The molecular formula is C11H14FNO3S. The van der Waals surface area contributed by atoms with E-state index in [2.05, 4.69) is 5.32 Å². The Kier molecular flexibility index (Phi) is 4.62. The quantitative estimate of drug-likeness (QED) is 0.853. The Morgan fingerprint density at radius 1 is 1.29 bits per heavy atom. The molecular weight excluding hydrogens is 245 g/mol. The highest BCUT2D eigenvalue weighted by Gasteiger charge is 2.07. The Hall–Kier alpha value is -1.43. The fraction of sp³-hybridized carbons (Fsp3) is 0.364.